The molecular weight excluding hydrogens is 328 g/mol. The molecule has 2 aliphatic rings. The first-order valence-electron chi connectivity index (χ1n) is 9.30. The molecule has 2 aromatic heterocycles. The van der Waals surface area contributed by atoms with Gasteiger partial charge in [-0.25, -0.2) is 0 Å². The molecule has 1 amide bonds. The number of carbonyl (C=O) groups is 1. The summed E-state index contributed by atoms with van der Waals surface area (Å²) in [7, 11) is 1.92. The zero-order valence-corrected chi connectivity index (χ0v) is 15.3. The highest BCUT2D eigenvalue weighted by molar-refractivity contribution is 5.92. The van der Waals surface area contributed by atoms with E-state index in [2.05, 4.69) is 16.0 Å². The number of rotatable bonds is 2. The second-order valence-electron chi connectivity index (χ2n) is 7.52. The molecule has 1 spiro atoms. The molecule has 26 heavy (non-hydrogen) atoms. The van der Waals surface area contributed by atoms with Crippen LogP contribution in [-0.4, -0.2) is 59.8 Å². The van der Waals surface area contributed by atoms with Gasteiger partial charge < -0.3 is 19.1 Å². The van der Waals surface area contributed by atoms with Gasteiger partial charge in [-0.1, -0.05) is 0 Å². The molecule has 4 heterocycles. The minimum atomic E-state index is -0.0224. The Hall–Kier alpha value is -2.34. The Kier molecular flexibility index (Phi) is 4.68. The first-order valence-corrected chi connectivity index (χ1v) is 9.30. The third-order valence-electron chi connectivity index (χ3n) is 5.56. The highest BCUT2D eigenvalue weighted by atomic mass is 16.5. The molecule has 138 valence electrons. The maximum atomic E-state index is 13.0. The summed E-state index contributed by atoms with van der Waals surface area (Å²) >= 11 is 0. The van der Waals surface area contributed by atoms with Crippen molar-refractivity contribution in [2.45, 2.75) is 12.8 Å². The Morgan fingerprint density at radius 3 is 2.92 bits per heavy atom. The summed E-state index contributed by atoms with van der Waals surface area (Å²) in [6.45, 7) is 4.74. The van der Waals surface area contributed by atoms with Gasteiger partial charge >= 0.3 is 0 Å². The van der Waals surface area contributed by atoms with Crippen LogP contribution >= 0.6 is 0 Å². The number of aromatic nitrogens is 2. The van der Waals surface area contributed by atoms with Crippen molar-refractivity contribution in [2.24, 2.45) is 12.5 Å². The minimum Gasteiger partial charge on any atom is -0.379 e. The van der Waals surface area contributed by atoms with Gasteiger partial charge in [0.25, 0.3) is 5.91 Å². The predicted octanol–water partition coefficient (Wildman–Crippen LogP) is 2.18. The fraction of sp³-hybridized carbons (Fsp3) is 0.500. The topological polar surface area (TPSA) is 50.6 Å². The Morgan fingerprint density at radius 2 is 2.15 bits per heavy atom. The van der Waals surface area contributed by atoms with E-state index in [-0.39, 0.29) is 11.3 Å². The summed E-state index contributed by atoms with van der Waals surface area (Å²) in [5.41, 5.74) is 1.86. The lowest BCUT2D eigenvalue weighted by molar-refractivity contribution is 0.0131. The van der Waals surface area contributed by atoms with Crippen molar-refractivity contribution in [1.29, 1.82) is 0 Å². The summed E-state index contributed by atoms with van der Waals surface area (Å²) in [5.74, 6) is 0.119. The van der Waals surface area contributed by atoms with Crippen molar-refractivity contribution in [3.05, 3.63) is 48.5 Å². The van der Waals surface area contributed by atoms with Gasteiger partial charge in [-0.05, 0) is 37.1 Å². The van der Waals surface area contributed by atoms with Gasteiger partial charge in [0.2, 0.25) is 0 Å². The molecule has 1 unspecified atom stereocenters. The molecule has 1 atom stereocenters. The largest absolute Gasteiger partial charge is 0.379 e. The second-order valence-corrected chi connectivity index (χ2v) is 7.52. The van der Waals surface area contributed by atoms with Crippen LogP contribution in [0.1, 0.15) is 23.3 Å². The van der Waals surface area contributed by atoms with Crippen LogP contribution in [0.4, 0.5) is 5.69 Å². The van der Waals surface area contributed by atoms with Gasteiger partial charge in [0.05, 0.1) is 25.1 Å². The molecule has 2 aliphatic heterocycles. The van der Waals surface area contributed by atoms with Crippen LogP contribution in [0, 0.1) is 5.41 Å². The SMILES string of the molecule is Cn1cccc1C(=O)N1CCCC2(COCCN(c3cccnc3)C2)C1. The van der Waals surface area contributed by atoms with Crippen molar-refractivity contribution in [3.8, 4) is 0 Å². The van der Waals surface area contributed by atoms with Gasteiger partial charge in [0.15, 0.2) is 0 Å². The summed E-state index contributed by atoms with van der Waals surface area (Å²) in [5, 5.41) is 0. The third kappa shape index (κ3) is 3.33. The van der Waals surface area contributed by atoms with E-state index in [1.54, 1.807) is 6.20 Å². The number of likely N-dealkylation sites (tertiary alicyclic amines) is 1. The molecule has 2 aromatic rings. The lowest BCUT2D eigenvalue weighted by Gasteiger charge is -2.44. The standard InChI is InChI=1S/C20H26N4O2/c1-22-9-3-6-18(22)19(25)24-10-4-7-20(15-24)14-23(11-12-26-16-20)17-5-2-8-21-13-17/h2-3,5-6,8-9,13H,4,7,10-12,14-16H2,1H3. The molecule has 0 saturated carbocycles. The number of aryl methyl sites for hydroxylation is 1. The minimum absolute atomic E-state index is 0.0224. The van der Waals surface area contributed by atoms with Gasteiger partial charge in [-0.3, -0.25) is 9.78 Å². The molecule has 6 nitrogen and oxygen atoms in total. The van der Waals surface area contributed by atoms with E-state index in [4.69, 9.17) is 4.74 Å². The second kappa shape index (κ2) is 7.11. The first kappa shape index (κ1) is 17.1. The number of piperidine rings is 1. The highest BCUT2D eigenvalue weighted by Crippen LogP contribution is 2.35. The van der Waals surface area contributed by atoms with Crippen molar-refractivity contribution in [2.75, 3.05) is 44.3 Å². The van der Waals surface area contributed by atoms with E-state index in [0.717, 1.165) is 50.4 Å². The molecule has 4 rings (SSSR count). The monoisotopic (exact) mass is 354 g/mol. The molecule has 0 aliphatic carbocycles. The van der Waals surface area contributed by atoms with Gasteiger partial charge in [0, 0.05) is 51.0 Å². The van der Waals surface area contributed by atoms with Crippen LogP contribution in [-0.2, 0) is 11.8 Å². The number of pyridine rings is 1. The summed E-state index contributed by atoms with van der Waals surface area (Å²) in [4.78, 5) is 21.6. The number of anilines is 1. The molecule has 0 radical (unpaired) electrons. The fourth-order valence-electron chi connectivity index (χ4n) is 4.23. The van der Waals surface area contributed by atoms with Crippen LogP contribution in [0.5, 0.6) is 0 Å². The van der Waals surface area contributed by atoms with Crippen LogP contribution in [0.3, 0.4) is 0 Å². The van der Waals surface area contributed by atoms with Gasteiger partial charge in [-0.15, -0.1) is 0 Å². The van der Waals surface area contributed by atoms with Crippen molar-refractivity contribution >= 4 is 11.6 Å². The Balaban J connectivity index is 1.54. The lowest BCUT2D eigenvalue weighted by atomic mass is 9.80. The number of ether oxygens (including phenoxy) is 1. The molecule has 2 saturated heterocycles. The Bertz CT molecular complexity index is 760. The summed E-state index contributed by atoms with van der Waals surface area (Å²) < 4.78 is 7.87. The average Bonchev–Trinajstić information content (AvgIpc) is 3.00. The highest BCUT2D eigenvalue weighted by Gasteiger charge is 2.40. The zero-order chi connectivity index (χ0) is 18.0. The van der Waals surface area contributed by atoms with Gasteiger partial charge in [-0.2, -0.15) is 0 Å². The van der Waals surface area contributed by atoms with Crippen molar-refractivity contribution in [3.63, 3.8) is 0 Å². The smallest absolute Gasteiger partial charge is 0.270 e. The molecule has 0 aromatic carbocycles. The Labute approximate surface area is 154 Å². The summed E-state index contributed by atoms with van der Waals surface area (Å²) in [6.07, 6.45) is 7.73. The van der Waals surface area contributed by atoms with Crippen LogP contribution in [0.15, 0.2) is 42.9 Å². The normalized spacial score (nSPS) is 23.9. The van der Waals surface area contributed by atoms with Crippen molar-refractivity contribution < 1.29 is 9.53 Å². The molecular formula is C20H26N4O2. The number of nitrogens with zero attached hydrogens (tertiary/aromatic N) is 4. The van der Waals surface area contributed by atoms with E-state index in [0.29, 0.717) is 13.2 Å². The van der Waals surface area contributed by atoms with Crippen LogP contribution < -0.4 is 4.90 Å². The molecule has 2 fully saturated rings. The van der Waals surface area contributed by atoms with E-state index in [1.165, 1.54) is 0 Å². The predicted molar refractivity (Wildman–Crippen MR) is 100 cm³/mol. The summed E-state index contributed by atoms with van der Waals surface area (Å²) in [6, 6.07) is 7.89. The fourth-order valence-corrected chi connectivity index (χ4v) is 4.23. The van der Waals surface area contributed by atoms with Gasteiger partial charge in [0.1, 0.15) is 5.69 Å². The number of carbonyl (C=O) groups excluding carboxylic acids is 1. The lowest BCUT2D eigenvalue weighted by Crippen LogP contribution is -2.52. The molecule has 0 bridgehead atoms. The number of hydrogen-bond acceptors (Lipinski definition) is 4. The van der Waals surface area contributed by atoms with Crippen LogP contribution in [0.25, 0.3) is 0 Å². The van der Waals surface area contributed by atoms with E-state index in [9.17, 15) is 4.79 Å². The molecule has 6 heteroatoms. The number of amides is 1. The maximum absolute atomic E-state index is 13.0. The Morgan fingerprint density at radius 1 is 1.23 bits per heavy atom. The molecule has 0 N–H and O–H groups in total. The third-order valence-corrected chi connectivity index (χ3v) is 5.56. The zero-order valence-electron chi connectivity index (χ0n) is 15.3. The van der Waals surface area contributed by atoms with Crippen molar-refractivity contribution in [1.82, 2.24) is 14.5 Å². The van der Waals surface area contributed by atoms with E-state index >= 15 is 0 Å². The average molecular weight is 354 g/mol. The van der Waals surface area contributed by atoms with E-state index in [1.807, 2.05) is 47.1 Å². The number of hydrogen-bond donors (Lipinski definition) is 0. The maximum Gasteiger partial charge on any atom is 0.270 e. The van der Waals surface area contributed by atoms with E-state index < -0.39 is 0 Å². The first-order chi connectivity index (χ1) is 12.7. The van der Waals surface area contributed by atoms with Crippen LogP contribution in [0.2, 0.25) is 0 Å². The quantitative estimate of drug-likeness (QED) is 0.829.